The Bertz CT molecular complexity index is 697. The monoisotopic (exact) mass is 318 g/mol. The molecule has 0 bridgehead atoms. The highest BCUT2D eigenvalue weighted by atomic mass is 19.1. The lowest BCUT2D eigenvalue weighted by Crippen LogP contribution is -2.48. The first-order valence-electron chi connectivity index (χ1n) is 7.68. The molecule has 1 saturated heterocycles. The number of carbonyl (C=O) groups excluding carboxylic acids is 1. The number of aromatic nitrogens is 2. The van der Waals surface area contributed by atoms with Crippen LogP contribution in [0.1, 0.15) is 17.9 Å². The Morgan fingerprint density at radius 2 is 2.30 bits per heavy atom. The minimum atomic E-state index is -0.307. The number of hydrogen-bond donors (Lipinski definition) is 2. The molecule has 3 rings (SSSR count). The predicted octanol–water partition coefficient (Wildman–Crippen LogP) is 1.45. The zero-order chi connectivity index (χ0) is 16.2. The maximum absolute atomic E-state index is 13.6. The van der Waals surface area contributed by atoms with Gasteiger partial charge in [0.2, 0.25) is 17.6 Å². The number of carbonyl (C=O) groups is 1. The summed E-state index contributed by atoms with van der Waals surface area (Å²) in [5, 5.41) is 9.88. The van der Waals surface area contributed by atoms with E-state index in [0.29, 0.717) is 48.1 Å². The van der Waals surface area contributed by atoms with Crippen LogP contribution < -0.4 is 10.6 Å². The van der Waals surface area contributed by atoms with Crippen molar-refractivity contribution in [1.29, 1.82) is 0 Å². The zero-order valence-electron chi connectivity index (χ0n) is 12.9. The van der Waals surface area contributed by atoms with Crippen molar-refractivity contribution in [2.75, 3.05) is 19.6 Å². The quantitative estimate of drug-likeness (QED) is 0.843. The van der Waals surface area contributed by atoms with E-state index in [9.17, 15) is 9.18 Å². The number of nitrogens with one attached hydrogen (secondary N) is 2. The summed E-state index contributed by atoms with van der Waals surface area (Å²) < 4.78 is 18.7. The topological polar surface area (TPSA) is 80.0 Å². The molecule has 122 valence electrons. The summed E-state index contributed by atoms with van der Waals surface area (Å²) in [5.41, 5.74) is 1.13. The standard InChI is InChI=1S/C16H19FN4O2/c1-10-2-3-12(6-13(10)17)16-20-15(23-21-16)5-4-14(22)19-9-11-7-18-8-11/h2-3,6,11,18H,4-5,7-9H2,1H3,(H,19,22). The van der Waals surface area contributed by atoms with Crippen molar-refractivity contribution in [2.45, 2.75) is 19.8 Å². The van der Waals surface area contributed by atoms with Gasteiger partial charge < -0.3 is 15.2 Å². The largest absolute Gasteiger partial charge is 0.356 e. The Balaban J connectivity index is 1.52. The smallest absolute Gasteiger partial charge is 0.227 e. The van der Waals surface area contributed by atoms with Crippen molar-refractivity contribution in [3.63, 3.8) is 0 Å². The minimum Gasteiger partial charge on any atom is -0.356 e. The minimum absolute atomic E-state index is 0.0296. The van der Waals surface area contributed by atoms with Crippen LogP contribution in [0.2, 0.25) is 0 Å². The summed E-state index contributed by atoms with van der Waals surface area (Å²) in [7, 11) is 0. The molecule has 0 unspecified atom stereocenters. The Labute approximate surface area is 133 Å². The highest BCUT2D eigenvalue weighted by molar-refractivity contribution is 5.76. The van der Waals surface area contributed by atoms with Gasteiger partial charge in [-0.05, 0) is 18.6 Å². The third-order valence-corrected chi connectivity index (χ3v) is 3.92. The number of aryl methyl sites for hydroxylation is 2. The third-order valence-electron chi connectivity index (χ3n) is 3.92. The number of amides is 1. The second-order valence-corrected chi connectivity index (χ2v) is 5.80. The highest BCUT2D eigenvalue weighted by Gasteiger charge is 2.17. The number of benzene rings is 1. The van der Waals surface area contributed by atoms with Gasteiger partial charge in [-0.15, -0.1) is 0 Å². The molecule has 2 heterocycles. The fraction of sp³-hybridized carbons (Fsp3) is 0.438. The summed E-state index contributed by atoms with van der Waals surface area (Å²) in [4.78, 5) is 16.0. The average molecular weight is 318 g/mol. The van der Waals surface area contributed by atoms with Crippen LogP contribution in [0, 0.1) is 18.7 Å². The molecular weight excluding hydrogens is 299 g/mol. The molecule has 1 aliphatic rings. The average Bonchev–Trinajstić information content (AvgIpc) is 2.95. The van der Waals surface area contributed by atoms with Crippen LogP contribution in [-0.2, 0) is 11.2 Å². The maximum atomic E-state index is 13.6. The first kappa shape index (κ1) is 15.6. The van der Waals surface area contributed by atoms with Gasteiger partial charge in [0.25, 0.3) is 0 Å². The van der Waals surface area contributed by atoms with Gasteiger partial charge in [0.1, 0.15) is 5.82 Å². The van der Waals surface area contributed by atoms with Crippen molar-refractivity contribution < 1.29 is 13.7 Å². The van der Waals surface area contributed by atoms with E-state index in [0.717, 1.165) is 13.1 Å². The van der Waals surface area contributed by atoms with Crippen molar-refractivity contribution in [1.82, 2.24) is 20.8 Å². The van der Waals surface area contributed by atoms with Gasteiger partial charge >= 0.3 is 0 Å². The van der Waals surface area contributed by atoms with Crippen LogP contribution in [0.25, 0.3) is 11.4 Å². The second kappa shape index (κ2) is 6.87. The first-order chi connectivity index (χ1) is 11.1. The van der Waals surface area contributed by atoms with Gasteiger partial charge in [-0.25, -0.2) is 4.39 Å². The van der Waals surface area contributed by atoms with Crippen LogP contribution in [0.5, 0.6) is 0 Å². The van der Waals surface area contributed by atoms with Crippen LogP contribution >= 0.6 is 0 Å². The molecule has 0 radical (unpaired) electrons. The fourth-order valence-corrected chi connectivity index (χ4v) is 2.27. The molecule has 1 aliphatic heterocycles. The van der Waals surface area contributed by atoms with E-state index in [-0.39, 0.29) is 11.7 Å². The summed E-state index contributed by atoms with van der Waals surface area (Å²) in [6, 6.07) is 4.79. The molecule has 1 aromatic carbocycles. The molecule has 7 heteroatoms. The zero-order valence-corrected chi connectivity index (χ0v) is 12.9. The van der Waals surface area contributed by atoms with E-state index >= 15 is 0 Å². The molecule has 23 heavy (non-hydrogen) atoms. The summed E-state index contributed by atoms with van der Waals surface area (Å²) in [6.45, 7) is 4.31. The SMILES string of the molecule is Cc1ccc(-c2noc(CCC(=O)NCC3CNC3)n2)cc1F. The van der Waals surface area contributed by atoms with E-state index < -0.39 is 0 Å². The number of hydrogen-bond acceptors (Lipinski definition) is 5. The third kappa shape index (κ3) is 3.92. The highest BCUT2D eigenvalue weighted by Crippen LogP contribution is 2.19. The van der Waals surface area contributed by atoms with E-state index in [1.165, 1.54) is 6.07 Å². The van der Waals surface area contributed by atoms with Gasteiger partial charge in [0.15, 0.2) is 0 Å². The predicted molar refractivity (Wildman–Crippen MR) is 82.1 cm³/mol. The molecule has 1 amide bonds. The van der Waals surface area contributed by atoms with Crippen LogP contribution in [0.15, 0.2) is 22.7 Å². The fourth-order valence-electron chi connectivity index (χ4n) is 2.27. The van der Waals surface area contributed by atoms with Crippen molar-refractivity contribution in [2.24, 2.45) is 5.92 Å². The summed E-state index contributed by atoms with van der Waals surface area (Å²) >= 11 is 0. The van der Waals surface area contributed by atoms with Gasteiger partial charge in [0, 0.05) is 44.0 Å². The summed E-state index contributed by atoms with van der Waals surface area (Å²) in [5.74, 6) is 0.906. The lowest BCUT2D eigenvalue weighted by atomic mass is 10.0. The molecule has 1 aromatic heterocycles. The van der Waals surface area contributed by atoms with Crippen molar-refractivity contribution in [3.8, 4) is 11.4 Å². The molecular formula is C16H19FN4O2. The molecule has 0 spiro atoms. The van der Waals surface area contributed by atoms with Crippen molar-refractivity contribution in [3.05, 3.63) is 35.5 Å². The molecule has 0 aliphatic carbocycles. The normalized spacial score (nSPS) is 14.5. The van der Waals surface area contributed by atoms with Gasteiger partial charge in [-0.2, -0.15) is 4.98 Å². The van der Waals surface area contributed by atoms with Crippen LogP contribution in [0.3, 0.4) is 0 Å². The second-order valence-electron chi connectivity index (χ2n) is 5.80. The molecule has 1 fully saturated rings. The molecule has 0 saturated carbocycles. The van der Waals surface area contributed by atoms with Gasteiger partial charge in [0.05, 0.1) is 0 Å². The van der Waals surface area contributed by atoms with Crippen molar-refractivity contribution >= 4 is 5.91 Å². The number of halogens is 1. The Morgan fingerprint density at radius 1 is 1.48 bits per heavy atom. The Morgan fingerprint density at radius 3 is 3.00 bits per heavy atom. The van der Waals surface area contributed by atoms with E-state index in [1.807, 2.05) is 0 Å². The molecule has 6 nitrogen and oxygen atoms in total. The van der Waals surface area contributed by atoms with Crippen LogP contribution in [-0.4, -0.2) is 35.7 Å². The number of nitrogens with zero attached hydrogens (tertiary/aromatic N) is 2. The number of rotatable bonds is 6. The maximum Gasteiger partial charge on any atom is 0.227 e. The van der Waals surface area contributed by atoms with E-state index in [2.05, 4.69) is 20.8 Å². The molecule has 2 N–H and O–H groups in total. The lowest BCUT2D eigenvalue weighted by Gasteiger charge is -2.27. The van der Waals surface area contributed by atoms with Gasteiger partial charge in [-0.3, -0.25) is 4.79 Å². The van der Waals surface area contributed by atoms with Crippen LogP contribution in [0.4, 0.5) is 4.39 Å². The molecule has 0 atom stereocenters. The van der Waals surface area contributed by atoms with E-state index in [4.69, 9.17) is 4.52 Å². The Kier molecular flexibility index (Phi) is 4.66. The summed E-state index contributed by atoms with van der Waals surface area (Å²) in [6.07, 6.45) is 0.667. The van der Waals surface area contributed by atoms with E-state index in [1.54, 1.807) is 19.1 Å². The molecule has 2 aromatic rings. The Hall–Kier alpha value is -2.28. The first-order valence-corrected chi connectivity index (χ1v) is 7.68. The lowest BCUT2D eigenvalue weighted by molar-refractivity contribution is -0.121. The van der Waals surface area contributed by atoms with Gasteiger partial charge in [-0.1, -0.05) is 17.3 Å².